The highest BCUT2D eigenvalue weighted by Gasteiger charge is 2.37. The minimum absolute atomic E-state index is 0.0531. The Balaban J connectivity index is 1.79. The summed E-state index contributed by atoms with van der Waals surface area (Å²) in [4.78, 5) is 15.4. The predicted molar refractivity (Wildman–Crippen MR) is 128 cm³/mol. The Bertz CT molecular complexity index is 1330. The van der Waals surface area contributed by atoms with Gasteiger partial charge in [0.05, 0.1) is 38.2 Å². The molecule has 0 spiro atoms. The maximum atomic E-state index is 13.7. The number of benzene rings is 3. The molecule has 0 aliphatic carbocycles. The average Bonchev–Trinajstić information content (AvgIpc) is 3.11. The normalized spacial score (nSPS) is 13.5. The van der Waals surface area contributed by atoms with Crippen LogP contribution in [0, 0.1) is 6.92 Å². The fourth-order valence-corrected chi connectivity index (χ4v) is 4.60. The van der Waals surface area contributed by atoms with Crippen molar-refractivity contribution in [3.63, 3.8) is 0 Å². The van der Waals surface area contributed by atoms with Crippen molar-refractivity contribution >= 4 is 32.5 Å². The van der Waals surface area contributed by atoms with Crippen molar-refractivity contribution in [3.05, 3.63) is 64.7 Å². The van der Waals surface area contributed by atoms with Gasteiger partial charge in [-0.15, -0.1) is 0 Å². The quantitative estimate of drug-likeness (QED) is 0.449. The largest absolute Gasteiger partial charge is 0.493 e. The lowest BCUT2D eigenvalue weighted by Gasteiger charge is -2.19. The number of aryl methyl sites for hydroxylation is 1. The number of rotatable bonds is 8. The molecule has 3 aromatic carbocycles. The van der Waals surface area contributed by atoms with Crippen molar-refractivity contribution in [1.82, 2.24) is 0 Å². The molecule has 33 heavy (non-hydrogen) atoms. The fourth-order valence-electron chi connectivity index (χ4n) is 4.25. The van der Waals surface area contributed by atoms with E-state index in [2.05, 4.69) is 0 Å². The standard InChI is InChI=1S/C25H27NO6S/c1-5-30-23-18-9-7-8-10-19(18)24(31-6-2)22-20(23)14-26(25(22)27)21-12-11-17(13-16(21)3)15-32-33(4,28)29/h7-13H,5-6,14-15H2,1-4H3. The third-order valence-corrected chi connectivity index (χ3v) is 6.11. The van der Waals surface area contributed by atoms with Crippen LogP contribution in [0.2, 0.25) is 0 Å². The van der Waals surface area contributed by atoms with E-state index in [4.69, 9.17) is 13.7 Å². The Hall–Kier alpha value is -3.10. The zero-order valence-electron chi connectivity index (χ0n) is 19.2. The number of carbonyl (C=O) groups is 1. The molecule has 0 N–H and O–H groups in total. The molecule has 0 atom stereocenters. The lowest BCUT2D eigenvalue weighted by Crippen LogP contribution is -2.24. The first kappa shape index (κ1) is 23.1. The first-order chi connectivity index (χ1) is 15.7. The first-order valence-electron chi connectivity index (χ1n) is 10.8. The molecule has 0 saturated carbocycles. The molecule has 0 unspecified atom stereocenters. The topological polar surface area (TPSA) is 82.1 Å². The molecule has 4 rings (SSSR count). The molecular weight excluding hydrogens is 442 g/mol. The maximum absolute atomic E-state index is 13.7. The van der Waals surface area contributed by atoms with Gasteiger partial charge in [-0.2, -0.15) is 8.42 Å². The Labute approximate surface area is 194 Å². The van der Waals surface area contributed by atoms with Gasteiger partial charge in [-0.1, -0.05) is 36.4 Å². The van der Waals surface area contributed by atoms with Gasteiger partial charge in [0, 0.05) is 22.0 Å². The molecule has 7 nitrogen and oxygen atoms in total. The van der Waals surface area contributed by atoms with Crippen molar-refractivity contribution < 1.29 is 26.9 Å². The van der Waals surface area contributed by atoms with E-state index in [1.807, 2.05) is 57.2 Å². The highest BCUT2D eigenvalue weighted by molar-refractivity contribution is 7.85. The molecular formula is C25H27NO6S. The van der Waals surface area contributed by atoms with E-state index in [0.717, 1.165) is 33.8 Å². The number of fused-ring (bicyclic) bond motifs is 2. The smallest absolute Gasteiger partial charge is 0.264 e. The van der Waals surface area contributed by atoms with Crippen molar-refractivity contribution in [2.75, 3.05) is 24.4 Å². The number of ether oxygens (including phenoxy) is 2. The maximum Gasteiger partial charge on any atom is 0.264 e. The monoisotopic (exact) mass is 469 g/mol. The van der Waals surface area contributed by atoms with Crippen LogP contribution in [0.25, 0.3) is 10.8 Å². The number of hydrogen-bond acceptors (Lipinski definition) is 6. The molecule has 1 aliphatic heterocycles. The van der Waals surface area contributed by atoms with Crippen molar-refractivity contribution in [1.29, 1.82) is 0 Å². The number of nitrogens with zero attached hydrogens (tertiary/aromatic N) is 1. The Morgan fingerprint density at radius 1 is 0.970 bits per heavy atom. The van der Waals surface area contributed by atoms with Crippen molar-refractivity contribution in [2.45, 2.75) is 33.9 Å². The summed E-state index contributed by atoms with van der Waals surface area (Å²) in [5, 5.41) is 1.77. The van der Waals surface area contributed by atoms with Gasteiger partial charge in [-0.3, -0.25) is 8.98 Å². The number of amides is 1. The van der Waals surface area contributed by atoms with E-state index in [1.165, 1.54) is 0 Å². The van der Waals surface area contributed by atoms with E-state index >= 15 is 0 Å². The lowest BCUT2D eigenvalue weighted by atomic mass is 9.99. The van der Waals surface area contributed by atoms with Crippen LogP contribution >= 0.6 is 0 Å². The van der Waals surface area contributed by atoms with Gasteiger partial charge in [-0.25, -0.2) is 0 Å². The first-order valence-corrected chi connectivity index (χ1v) is 12.7. The van der Waals surface area contributed by atoms with Gasteiger partial charge in [0.25, 0.3) is 16.0 Å². The summed E-state index contributed by atoms with van der Waals surface area (Å²) in [6.45, 7) is 6.93. The van der Waals surface area contributed by atoms with Gasteiger partial charge in [0.1, 0.15) is 11.5 Å². The summed E-state index contributed by atoms with van der Waals surface area (Å²) >= 11 is 0. The summed E-state index contributed by atoms with van der Waals surface area (Å²) in [6, 6.07) is 13.2. The second kappa shape index (κ2) is 9.03. The Morgan fingerprint density at radius 3 is 2.21 bits per heavy atom. The Kier molecular flexibility index (Phi) is 6.32. The summed E-state index contributed by atoms with van der Waals surface area (Å²) < 4.78 is 39.5. The highest BCUT2D eigenvalue weighted by Crippen LogP contribution is 2.46. The minimum Gasteiger partial charge on any atom is -0.493 e. The van der Waals surface area contributed by atoms with E-state index in [1.54, 1.807) is 11.0 Å². The van der Waals surface area contributed by atoms with E-state index in [9.17, 15) is 13.2 Å². The van der Waals surface area contributed by atoms with Crippen molar-refractivity contribution in [3.8, 4) is 11.5 Å². The lowest BCUT2D eigenvalue weighted by molar-refractivity contribution is 0.0993. The van der Waals surface area contributed by atoms with E-state index in [-0.39, 0.29) is 12.5 Å². The summed E-state index contributed by atoms with van der Waals surface area (Å²) in [7, 11) is -3.54. The summed E-state index contributed by atoms with van der Waals surface area (Å²) in [5.74, 6) is 1.14. The van der Waals surface area contributed by atoms with Gasteiger partial charge in [0.15, 0.2) is 0 Å². The number of anilines is 1. The molecule has 1 amide bonds. The van der Waals surface area contributed by atoms with Crippen LogP contribution in [-0.4, -0.2) is 33.8 Å². The van der Waals surface area contributed by atoms with Crippen LogP contribution in [-0.2, 0) is 27.5 Å². The molecule has 0 saturated heterocycles. The van der Waals surface area contributed by atoms with Crippen LogP contribution in [0.4, 0.5) is 5.69 Å². The van der Waals surface area contributed by atoms with Crippen LogP contribution < -0.4 is 14.4 Å². The second-order valence-electron chi connectivity index (χ2n) is 7.90. The molecule has 3 aromatic rings. The zero-order valence-corrected chi connectivity index (χ0v) is 20.0. The SMILES string of the molecule is CCOc1c2c(c(OCC)c3ccccc13)C(=O)N(c1ccc(COS(C)(=O)=O)cc1C)C2. The predicted octanol–water partition coefficient (Wildman–Crippen LogP) is 4.58. The van der Waals surface area contributed by atoms with Crippen LogP contribution in [0.5, 0.6) is 11.5 Å². The zero-order chi connectivity index (χ0) is 23.8. The molecule has 174 valence electrons. The molecule has 0 bridgehead atoms. The van der Waals surface area contributed by atoms with Gasteiger partial charge in [-0.05, 0) is 38.0 Å². The van der Waals surface area contributed by atoms with Crippen LogP contribution in [0.15, 0.2) is 42.5 Å². The van der Waals surface area contributed by atoms with Crippen molar-refractivity contribution in [2.24, 2.45) is 0 Å². The molecule has 1 aliphatic rings. The average molecular weight is 470 g/mol. The Morgan fingerprint density at radius 2 is 1.61 bits per heavy atom. The number of hydrogen-bond donors (Lipinski definition) is 0. The van der Waals surface area contributed by atoms with E-state index < -0.39 is 10.1 Å². The number of carbonyl (C=O) groups excluding carboxylic acids is 1. The summed E-state index contributed by atoms with van der Waals surface area (Å²) in [5.41, 5.74) is 3.64. The fraction of sp³-hybridized carbons (Fsp3) is 0.320. The molecule has 1 heterocycles. The van der Waals surface area contributed by atoms with Gasteiger partial charge >= 0.3 is 0 Å². The molecule has 8 heteroatoms. The van der Waals surface area contributed by atoms with Gasteiger partial charge < -0.3 is 14.4 Å². The molecule has 0 radical (unpaired) electrons. The van der Waals surface area contributed by atoms with Crippen LogP contribution in [0.1, 0.15) is 40.9 Å². The van der Waals surface area contributed by atoms with Gasteiger partial charge in [0.2, 0.25) is 0 Å². The minimum atomic E-state index is -3.54. The third-order valence-electron chi connectivity index (χ3n) is 5.56. The molecule has 0 fully saturated rings. The van der Waals surface area contributed by atoms with Crippen LogP contribution in [0.3, 0.4) is 0 Å². The molecule has 0 aromatic heterocycles. The summed E-state index contributed by atoms with van der Waals surface area (Å²) in [6.07, 6.45) is 1.02. The highest BCUT2D eigenvalue weighted by atomic mass is 32.2. The second-order valence-corrected chi connectivity index (χ2v) is 9.55. The van der Waals surface area contributed by atoms with E-state index in [0.29, 0.717) is 42.4 Å². The third kappa shape index (κ3) is 4.41.